The molecule has 14 rings (SSSR count). The van der Waals surface area contributed by atoms with Gasteiger partial charge in [0.25, 0.3) is 0 Å². The van der Waals surface area contributed by atoms with Crippen LogP contribution < -0.4 is 73.6 Å². The van der Waals surface area contributed by atoms with Crippen LogP contribution in [-0.4, -0.2) is 186 Å². The van der Waals surface area contributed by atoms with Crippen molar-refractivity contribution in [2.24, 2.45) is 0 Å². The molecule has 19 N–H and O–H groups in total. The van der Waals surface area contributed by atoms with Gasteiger partial charge in [-0.3, -0.25) is 0 Å². The second-order valence-corrected chi connectivity index (χ2v) is 30.6. The minimum atomic E-state index is 0.314. The van der Waals surface area contributed by atoms with Crippen LogP contribution >= 0.6 is 58.0 Å². The van der Waals surface area contributed by atoms with E-state index in [1.54, 1.807) is 0 Å². The molecule has 14 aromatic rings. The lowest BCUT2D eigenvalue weighted by Crippen LogP contribution is -2.11. The van der Waals surface area contributed by atoms with Crippen LogP contribution in [0.1, 0.15) is 80.5 Å². The number of aromatic nitrogens is 21. The molecule has 0 aliphatic heterocycles. The van der Waals surface area contributed by atoms with Crippen LogP contribution in [0.2, 0.25) is 25.1 Å². The number of anilines is 16. The van der Waals surface area contributed by atoms with Crippen LogP contribution in [0.4, 0.5) is 94.7 Å². The van der Waals surface area contributed by atoms with E-state index in [-0.39, 0.29) is 0 Å². The number of rotatable bonds is 31. The van der Waals surface area contributed by atoms with Crippen molar-refractivity contribution in [3.63, 3.8) is 0 Å². The Balaban J connectivity index is 0.000000176. The Morgan fingerprint density at radius 1 is 0.314 bits per heavy atom. The van der Waals surface area contributed by atoms with E-state index in [0.717, 1.165) is 86.5 Å². The maximum Gasteiger partial charge on any atom is 0.245 e. The van der Waals surface area contributed by atoms with Gasteiger partial charge in [0.05, 0.1) is 0 Å². The van der Waals surface area contributed by atoms with E-state index in [9.17, 15) is 0 Å². The predicted octanol–water partition coefficient (Wildman–Crippen LogP) is 16.4. The summed E-state index contributed by atoms with van der Waals surface area (Å²) >= 11 is 29.1. The van der Waals surface area contributed by atoms with Gasteiger partial charge in [-0.25, -0.2) is 35.7 Å². The molecular weight excluding hydrogens is 1640 g/mol. The van der Waals surface area contributed by atoms with E-state index in [4.69, 9.17) is 63.7 Å². The van der Waals surface area contributed by atoms with Crippen molar-refractivity contribution >= 4 is 153 Å². The highest BCUT2D eigenvalue weighted by molar-refractivity contribution is 6.31. The van der Waals surface area contributed by atoms with Gasteiger partial charge in [-0.05, 0) is 199 Å². The molecule has 0 spiro atoms. The van der Waals surface area contributed by atoms with Crippen molar-refractivity contribution in [1.29, 1.82) is 0 Å². The lowest BCUT2D eigenvalue weighted by atomic mass is 10.1. The number of nitrogens with zero attached hydrogens (tertiary/aromatic N) is 17. The average Bonchev–Trinajstić information content (AvgIpc) is 1.74. The van der Waals surface area contributed by atoms with E-state index < -0.39 is 0 Å². The molecule has 0 aliphatic rings. The predicted molar refractivity (Wildman–Crippen MR) is 496 cm³/mol. The molecule has 0 radical (unpaired) electrons. The summed E-state index contributed by atoms with van der Waals surface area (Å²) in [7, 11) is 11.4. The molecule has 0 bridgehead atoms. The normalized spacial score (nSPS) is 10.5. The van der Waals surface area contributed by atoms with Crippen molar-refractivity contribution in [3.8, 4) is 0 Å². The second kappa shape index (κ2) is 49.5. The quantitative estimate of drug-likeness (QED) is 0.0192. The Morgan fingerprint density at radius 3 is 0.992 bits per heavy atom. The van der Waals surface area contributed by atoms with Crippen molar-refractivity contribution in [1.82, 2.24) is 106 Å². The molecule has 121 heavy (non-hydrogen) atoms. The minimum Gasteiger partial charge on any atom is -0.368 e. The van der Waals surface area contributed by atoms with E-state index in [2.05, 4.69) is 211 Å². The number of aromatic amines is 7. The second-order valence-electron chi connectivity index (χ2n) is 28.5. The van der Waals surface area contributed by atoms with Crippen LogP contribution in [0.5, 0.6) is 0 Å². The molecule has 7 aromatic carbocycles. The Labute approximate surface area is 729 Å². The molecule has 7 aromatic heterocycles. The van der Waals surface area contributed by atoms with Crippen LogP contribution in [0.15, 0.2) is 170 Å². The molecule has 40 heteroatoms. The lowest BCUT2D eigenvalue weighted by molar-refractivity contribution is 0.876. The van der Waals surface area contributed by atoms with Gasteiger partial charge in [-0.2, -0.15) is 34.9 Å². The van der Waals surface area contributed by atoms with E-state index in [1.807, 2.05) is 230 Å². The Kier molecular flexibility index (Phi) is 38.3. The third-order valence-corrected chi connectivity index (χ3v) is 17.2. The summed E-state index contributed by atoms with van der Waals surface area (Å²) < 4.78 is 0. The minimum absolute atomic E-state index is 0.314. The third kappa shape index (κ3) is 36.5. The lowest BCUT2D eigenvalue weighted by Gasteiger charge is -2.04. The summed E-state index contributed by atoms with van der Waals surface area (Å²) in [5.41, 5.74) is 15.7. The van der Waals surface area contributed by atoms with Gasteiger partial charge in [-0.1, -0.05) is 143 Å². The maximum absolute atomic E-state index is 5.84. The molecule has 0 unspecified atom stereocenters. The van der Waals surface area contributed by atoms with Gasteiger partial charge in [0.2, 0.25) is 83.3 Å². The molecule has 0 saturated heterocycles. The van der Waals surface area contributed by atoms with Gasteiger partial charge in [0.15, 0.2) is 0 Å². The number of nitrogens with two attached hydrogens (primary N) is 1. The smallest absolute Gasteiger partial charge is 0.245 e. The summed E-state index contributed by atoms with van der Waals surface area (Å²) in [6.07, 6.45) is 2.69. The van der Waals surface area contributed by atoms with Gasteiger partial charge < -0.3 is 73.6 Å². The molecular formula is C81H108Cl5N35. The fourth-order valence-corrected chi connectivity index (χ4v) is 10.8. The highest BCUT2D eigenvalue weighted by Crippen LogP contribution is 2.21. The molecule has 0 saturated carbocycles. The van der Waals surface area contributed by atoms with Crippen molar-refractivity contribution in [2.45, 2.75) is 106 Å². The summed E-state index contributed by atoms with van der Waals surface area (Å²) in [6, 6.07) is 55.9. The van der Waals surface area contributed by atoms with Crippen molar-refractivity contribution in [2.75, 3.05) is 136 Å². The summed E-state index contributed by atoms with van der Waals surface area (Å²) in [4.78, 5) is 35.1. The highest BCUT2D eigenvalue weighted by atomic mass is 35.5. The number of aryl methyl sites for hydroxylation is 2. The molecule has 7 heterocycles. The third-order valence-electron chi connectivity index (χ3n) is 16.0. The topological polar surface area (TPSA) is 447 Å². The monoisotopic (exact) mass is 1750 g/mol. The molecule has 0 aliphatic carbocycles. The molecule has 642 valence electrons. The largest absolute Gasteiger partial charge is 0.368 e. The zero-order valence-electron chi connectivity index (χ0n) is 70.1. The van der Waals surface area contributed by atoms with Crippen LogP contribution in [0.25, 0.3) is 0 Å². The van der Waals surface area contributed by atoms with Gasteiger partial charge in [0, 0.05) is 130 Å². The standard InChI is InChI=1S/C13H18ClN5.2C12H16ClN5.C12H17N5.C11H14ClN5.C11H15N5.C10H12ClN5/c1-9(2)16-13-17-12(18-19-13)15-8-7-10-3-5-11(14)6-4-10;1-18(2)12-15-11(16-17-12)14-8-7-9-3-5-10(13)6-4-9;1-8(2)15-12-16-11(17-18-12)14-7-9-3-5-10(13)6-4-9;1-8(2)13-11-15-12(17-16-11)14-10-6-4-5-9(3)7-10;1-17(2)11-14-10(15-16-11)13-7-8-3-5-9(12)6-4-8;1-8-5-4-6-9(7-8)12-10-13-11(15-14-10)16(2)3;11-8-3-1-7(2-4-8)5-6-13-10-14-9(12)15-16-10/h3-6,9H,7-8H2,1-2H3,(H3,15,16,17,18,19);3-6H,7-8H2,1-2H3,(H2,14,15,16,17);3-6,8H,7H2,1-2H3,(H3,14,15,16,17,18);4-8H,1-3H3,(H3,13,14,15,16,17);3-6H,7H2,1-2H3,(H2,13,14,15,16);4-7H,1-3H3,(H2,12,13,14,15);1-4H,5-6H2,(H4,12,13,14,15,16). The molecule has 0 atom stereocenters. The first-order valence-corrected chi connectivity index (χ1v) is 40.6. The van der Waals surface area contributed by atoms with Crippen LogP contribution in [-0.2, 0) is 32.4 Å². The van der Waals surface area contributed by atoms with Gasteiger partial charge >= 0.3 is 0 Å². The fourth-order valence-electron chi connectivity index (χ4n) is 10.1. The van der Waals surface area contributed by atoms with E-state index in [1.165, 1.54) is 27.8 Å². The first-order chi connectivity index (χ1) is 58.1. The number of H-pyrrole nitrogens is 7. The number of halogens is 5. The summed E-state index contributed by atoms with van der Waals surface area (Å²) in [5, 5.41) is 83.1. The first-order valence-electron chi connectivity index (χ1n) is 38.7. The number of hydrogen-bond donors (Lipinski definition) is 18. The molecule has 0 fully saturated rings. The Bertz CT molecular complexity index is 5190. The number of nitrogens with one attached hydrogen (secondary N) is 17. The molecule has 35 nitrogen and oxygen atoms in total. The van der Waals surface area contributed by atoms with Gasteiger partial charge in [-0.15, -0.1) is 35.7 Å². The Hall–Kier alpha value is -12.8. The van der Waals surface area contributed by atoms with E-state index >= 15 is 0 Å². The number of nitrogen functional groups attached to an aromatic ring is 1. The van der Waals surface area contributed by atoms with Crippen LogP contribution in [0.3, 0.4) is 0 Å². The van der Waals surface area contributed by atoms with Gasteiger partial charge in [0.1, 0.15) is 0 Å². The van der Waals surface area contributed by atoms with Crippen molar-refractivity contribution < 1.29 is 0 Å². The molecule has 0 amide bonds. The maximum atomic E-state index is 5.84. The SMILES string of the molecule is CC(C)Nc1nc(NCCc2ccc(Cl)cc2)n[nH]1.CC(C)Nc1nc(NCc2ccc(Cl)cc2)n[nH]1.CN(C)c1n[nH]c(NCCc2ccc(Cl)cc2)n1.CN(C)c1n[nH]c(NCc2ccc(Cl)cc2)n1.Cc1cccc(Nc2nc(N(C)C)n[nH]2)c1.Cc1cccc(Nc2nc(NC(C)C)n[nH]2)c1.Nc1nc(NCCc2ccc(Cl)cc2)n[nH]1. The number of hydrogen-bond acceptors (Lipinski definition) is 28. The van der Waals surface area contributed by atoms with Crippen LogP contribution in [0, 0.1) is 13.8 Å². The summed E-state index contributed by atoms with van der Waals surface area (Å²) in [6.45, 7) is 20.1. The number of benzene rings is 7. The first kappa shape index (κ1) is 93.7. The Morgan fingerprint density at radius 2 is 0.620 bits per heavy atom. The average molecular weight is 1750 g/mol. The highest BCUT2D eigenvalue weighted by Gasteiger charge is 2.11. The summed E-state index contributed by atoms with van der Waals surface area (Å²) in [5.74, 6) is 8.60. The van der Waals surface area contributed by atoms with E-state index in [0.29, 0.717) is 114 Å². The van der Waals surface area contributed by atoms with Crippen molar-refractivity contribution in [3.05, 3.63) is 234 Å². The fraction of sp³-hybridized carbons (Fsp3) is 0.309. The zero-order chi connectivity index (χ0) is 87.0. The zero-order valence-corrected chi connectivity index (χ0v) is 73.9.